The van der Waals surface area contributed by atoms with Gasteiger partial charge in [0.2, 0.25) is 0 Å². The van der Waals surface area contributed by atoms with E-state index < -0.39 is 0 Å². The van der Waals surface area contributed by atoms with Crippen LogP contribution in [-0.2, 0) is 0 Å². The Kier molecular flexibility index (Phi) is 4.38. The van der Waals surface area contributed by atoms with Gasteiger partial charge >= 0.3 is 0 Å². The lowest BCUT2D eigenvalue weighted by Gasteiger charge is -2.30. The monoisotopic (exact) mass is 252 g/mol. The van der Waals surface area contributed by atoms with Gasteiger partial charge in [-0.2, -0.15) is 17.0 Å². The quantitative estimate of drug-likeness (QED) is 0.787. The predicted molar refractivity (Wildman–Crippen MR) is 74.1 cm³/mol. The number of nitrogens with one attached hydrogen (secondary N) is 1. The molecule has 3 heteroatoms. The number of thioether (sulfide) groups is 1. The third-order valence-electron chi connectivity index (χ3n) is 3.98. The van der Waals surface area contributed by atoms with E-state index in [0.717, 1.165) is 6.42 Å². The van der Waals surface area contributed by atoms with Crippen LogP contribution < -0.4 is 5.32 Å². The summed E-state index contributed by atoms with van der Waals surface area (Å²) in [7, 11) is 0. The molecule has 0 saturated heterocycles. The molecule has 2 aliphatic rings. The molecule has 0 radical (unpaired) electrons. The Labute approximate surface area is 110 Å². The summed E-state index contributed by atoms with van der Waals surface area (Å²) >= 11 is 2.03. The van der Waals surface area contributed by atoms with Crippen molar-refractivity contribution in [3.8, 4) is 6.07 Å². The molecule has 96 valence electrons. The van der Waals surface area contributed by atoms with Gasteiger partial charge in [0, 0.05) is 6.04 Å². The average molecular weight is 252 g/mol. The van der Waals surface area contributed by atoms with Crippen molar-refractivity contribution in [1.82, 2.24) is 5.32 Å². The summed E-state index contributed by atoms with van der Waals surface area (Å²) in [6.45, 7) is 4.50. The molecule has 0 aromatic heterocycles. The van der Waals surface area contributed by atoms with Crippen molar-refractivity contribution < 1.29 is 0 Å². The van der Waals surface area contributed by atoms with Crippen LogP contribution in [0.2, 0.25) is 0 Å². The number of nitriles is 1. The summed E-state index contributed by atoms with van der Waals surface area (Å²) in [4.78, 5) is 0. The highest BCUT2D eigenvalue weighted by Crippen LogP contribution is 2.40. The molecule has 2 atom stereocenters. The second kappa shape index (κ2) is 5.63. The molecule has 2 saturated carbocycles. The number of hydrogen-bond acceptors (Lipinski definition) is 3. The fraction of sp³-hybridized carbons (Fsp3) is 0.929. The fourth-order valence-corrected chi connectivity index (χ4v) is 3.77. The zero-order valence-corrected chi connectivity index (χ0v) is 11.9. The Bertz CT molecular complexity index is 293. The van der Waals surface area contributed by atoms with Crippen molar-refractivity contribution in [2.75, 3.05) is 5.75 Å². The normalized spacial score (nSPS) is 32.9. The van der Waals surface area contributed by atoms with Crippen LogP contribution in [0.1, 0.15) is 52.4 Å². The first-order valence-corrected chi connectivity index (χ1v) is 8.02. The zero-order valence-electron chi connectivity index (χ0n) is 11.0. The van der Waals surface area contributed by atoms with Gasteiger partial charge in [0.15, 0.2) is 0 Å². The molecule has 17 heavy (non-hydrogen) atoms. The maximum Gasteiger partial charge on any atom is 0.109 e. The van der Waals surface area contributed by atoms with Crippen molar-refractivity contribution in [3.63, 3.8) is 0 Å². The summed E-state index contributed by atoms with van der Waals surface area (Å²) in [6.07, 6.45) is 7.29. The van der Waals surface area contributed by atoms with Gasteiger partial charge in [0.25, 0.3) is 0 Å². The first kappa shape index (κ1) is 13.2. The van der Waals surface area contributed by atoms with Gasteiger partial charge in [-0.25, -0.2) is 0 Å². The SMILES string of the molecule is CC(C)SCCC1CCCC1(C#N)NC1CC1. The van der Waals surface area contributed by atoms with E-state index in [4.69, 9.17) is 0 Å². The summed E-state index contributed by atoms with van der Waals surface area (Å²) in [5, 5.41) is 13.9. The van der Waals surface area contributed by atoms with Crippen molar-refractivity contribution in [1.29, 1.82) is 5.26 Å². The maximum atomic E-state index is 9.55. The van der Waals surface area contributed by atoms with Crippen LogP contribution in [0.5, 0.6) is 0 Å². The Balaban J connectivity index is 1.87. The highest BCUT2D eigenvalue weighted by atomic mass is 32.2. The molecular weight excluding hydrogens is 228 g/mol. The Morgan fingerprint density at radius 1 is 1.41 bits per heavy atom. The minimum atomic E-state index is -0.182. The number of nitrogens with zero attached hydrogens (tertiary/aromatic N) is 1. The lowest BCUT2D eigenvalue weighted by Crippen LogP contribution is -2.48. The lowest BCUT2D eigenvalue weighted by molar-refractivity contribution is 0.308. The molecule has 2 nitrogen and oxygen atoms in total. The smallest absolute Gasteiger partial charge is 0.109 e. The van der Waals surface area contributed by atoms with E-state index >= 15 is 0 Å². The molecule has 0 heterocycles. The Hall–Kier alpha value is -0.200. The van der Waals surface area contributed by atoms with Crippen LogP contribution in [0.25, 0.3) is 0 Å². The van der Waals surface area contributed by atoms with Crippen LogP contribution in [0.3, 0.4) is 0 Å². The molecule has 0 aromatic carbocycles. The second-order valence-corrected chi connectivity index (χ2v) is 7.48. The Morgan fingerprint density at radius 2 is 2.18 bits per heavy atom. The van der Waals surface area contributed by atoms with Crippen LogP contribution in [0, 0.1) is 17.2 Å². The van der Waals surface area contributed by atoms with Crippen LogP contribution >= 0.6 is 11.8 Å². The topological polar surface area (TPSA) is 35.8 Å². The minimum absolute atomic E-state index is 0.182. The molecule has 2 unspecified atom stereocenters. The number of hydrogen-bond donors (Lipinski definition) is 1. The predicted octanol–water partition coefficient (Wildman–Crippen LogP) is 3.33. The van der Waals surface area contributed by atoms with Gasteiger partial charge in [-0.05, 0) is 49.0 Å². The van der Waals surface area contributed by atoms with Gasteiger partial charge in [-0.15, -0.1) is 0 Å². The molecule has 1 N–H and O–H groups in total. The summed E-state index contributed by atoms with van der Waals surface area (Å²) in [6, 6.07) is 3.26. The fourth-order valence-electron chi connectivity index (χ4n) is 2.88. The van der Waals surface area contributed by atoms with Gasteiger partial charge in [0.1, 0.15) is 5.54 Å². The van der Waals surface area contributed by atoms with Gasteiger partial charge in [0.05, 0.1) is 6.07 Å². The largest absolute Gasteiger partial charge is 0.296 e. The zero-order chi connectivity index (χ0) is 12.3. The van der Waals surface area contributed by atoms with Crippen molar-refractivity contribution in [2.24, 2.45) is 5.92 Å². The summed E-state index contributed by atoms with van der Waals surface area (Å²) in [5.74, 6) is 1.79. The van der Waals surface area contributed by atoms with E-state index in [0.29, 0.717) is 17.2 Å². The standard InChI is InChI=1S/C14H24N2S/c1-11(2)17-9-7-12-4-3-8-14(12,10-15)16-13-5-6-13/h11-13,16H,3-9H2,1-2H3. The van der Waals surface area contributed by atoms with E-state index in [-0.39, 0.29) is 5.54 Å². The first-order valence-electron chi connectivity index (χ1n) is 6.97. The summed E-state index contributed by atoms with van der Waals surface area (Å²) < 4.78 is 0. The van der Waals surface area contributed by atoms with Gasteiger partial charge < -0.3 is 0 Å². The average Bonchev–Trinajstić information content (AvgIpc) is 3.00. The minimum Gasteiger partial charge on any atom is -0.296 e. The van der Waals surface area contributed by atoms with Crippen LogP contribution in [0.15, 0.2) is 0 Å². The lowest BCUT2D eigenvalue weighted by atomic mass is 9.86. The molecule has 2 rings (SSSR count). The molecule has 0 bridgehead atoms. The van der Waals surface area contributed by atoms with Crippen molar-refractivity contribution >= 4 is 11.8 Å². The summed E-state index contributed by atoms with van der Waals surface area (Å²) in [5.41, 5.74) is -0.182. The molecule has 0 aliphatic heterocycles. The molecule has 2 aliphatic carbocycles. The number of rotatable bonds is 6. The third kappa shape index (κ3) is 3.39. The molecule has 2 fully saturated rings. The van der Waals surface area contributed by atoms with Crippen molar-refractivity contribution in [3.05, 3.63) is 0 Å². The van der Waals surface area contributed by atoms with Gasteiger partial charge in [-0.3, -0.25) is 5.32 Å². The molecule has 0 aromatic rings. The van der Waals surface area contributed by atoms with Crippen LogP contribution in [0.4, 0.5) is 0 Å². The van der Waals surface area contributed by atoms with E-state index in [2.05, 4.69) is 25.2 Å². The maximum absolute atomic E-state index is 9.55. The Morgan fingerprint density at radius 3 is 2.76 bits per heavy atom. The second-order valence-electron chi connectivity index (χ2n) is 5.80. The van der Waals surface area contributed by atoms with E-state index in [1.54, 1.807) is 0 Å². The third-order valence-corrected chi connectivity index (χ3v) is 5.11. The van der Waals surface area contributed by atoms with E-state index in [9.17, 15) is 5.26 Å². The van der Waals surface area contributed by atoms with Crippen LogP contribution in [-0.4, -0.2) is 22.6 Å². The van der Waals surface area contributed by atoms with E-state index in [1.165, 1.54) is 37.9 Å². The van der Waals surface area contributed by atoms with E-state index in [1.807, 2.05) is 11.8 Å². The molecule has 0 amide bonds. The van der Waals surface area contributed by atoms with Gasteiger partial charge in [-0.1, -0.05) is 20.3 Å². The highest BCUT2D eigenvalue weighted by molar-refractivity contribution is 7.99. The highest BCUT2D eigenvalue weighted by Gasteiger charge is 2.45. The van der Waals surface area contributed by atoms with Crippen molar-refractivity contribution in [2.45, 2.75) is 69.2 Å². The molecule has 0 spiro atoms. The first-order chi connectivity index (χ1) is 8.16. The molecular formula is C14H24N2S.